The maximum absolute atomic E-state index is 5.76. The number of rotatable bonds is 4. The Morgan fingerprint density at radius 1 is 1.64 bits per heavy atom. The second-order valence-electron chi connectivity index (χ2n) is 3.89. The molecule has 1 saturated carbocycles. The number of nitrogens with two attached hydrogens (primary N) is 1. The number of methoxy groups -OCH3 is 1. The second-order valence-corrected chi connectivity index (χ2v) is 4.78. The van der Waals surface area contributed by atoms with E-state index in [0.717, 1.165) is 10.7 Å². The van der Waals surface area contributed by atoms with Gasteiger partial charge in [-0.25, -0.2) is 4.98 Å². The van der Waals surface area contributed by atoms with Gasteiger partial charge in [0.1, 0.15) is 11.1 Å². The van der Waals surface area contributed by atoms with Gasteiger partial charge >= 0.3 is 0 Å². The van der Waals surface area contributed by atoms with E-state index in [0.29, 0.717) is 5.92 Å². The van der Waals surface area contributed by atoms with Crippen molar-refractivity contribution in [3.8, 4) is 0 Å². The lowest BCUT2D eigenvalue weighted by Crippen LogP contribution is -2.07. The summed E-state index contributed by atoms with van der Waals surface area (Å²) in [6.07, 6.45) is 2.74. The van der Waals surface area contributed by atoms with Crippen molar-refractivity contribution >= 4 is 11.3 Å². The first-order valence-corrected chi connectivity index (χ1v) is 5.84. The topological polar surface area (TPSA) is 48.1 Å². The van der Waals surface area contributed by atoms with Crippen LogP contribution in [0, 0.1) is 5.92 Å². The minimum atomic E-state index is 0.0247. The van der Waals surface area contributed by atoms with E-state index in [4.69, 9.17) is 10.5 Å². The lowest BCUT2D eigenvalue weighted by molar-refractivity contribution is 0.0842. The SMILES string of the molecule is COC(c1nc(C(C)N)cs1)C1CC1. The molecule has 1 aromatic rings. The van der Waals surface area contributed by atoms with Gasteiger partial charge in [0.15, 0.2) is 0 Å². The molecule has 2 N–H and O–H groups in total. The smallest absolute Gasteiger partial charge is 0.122 e. The zero-order chi connectivity index (χ0) is 10.1. The molecule has 2 rings (SSSR count). The zero-order valence-electron chi connectivity index (χ0n) is 8.56. The van der Waals surface area contributed by atoms with Crippen molar-refractivity contribution in [1.82, 2.24) is 4.98 Å². The first-order valence-electron chi connectivity index (χ1n) is 4.96. The summed E-state index contributed by atoms with van der Waals surface area (Å²) in [6, 6.07) is 0.0247. The van der Waals surface area contributed by atoms with Gasteiger partial charge in [0.25, 0.3) is 0 Å². The van der Waals surface area contributed by atoms with Gasteiger partial charge in [-0.15, -0.1) is 11.3 Å². The Balaban J connectivity index is 2.13. The third kappa shape index (κ3) is 1.97. The Bertz CT molecular complexity index is 307. The fraction of sp³-hybridized carbons (Fsp3) is 0.700. The van der Waals surface area contributed by atoms with E-state index in [9.17, 15) is 0 Å². The fourth-order valence-corrected chi connectivity index (χ4v) is 2.62. The van der Waals surface area contributed by atoms with Gasteiger partial charge in [-0.1, -0.05) is 0 Å². The van der Waals surface area contributed by atoms with Crippen LogP contribution in [0.1, 0.15) is 42.6 Å². The third-order valence-electron chi connectivity index (χ3n) is 2.55. The number of hydrogen-bond donors (Lipinski definition) is 1. The van der Waals surface area contributed by atoms with E-state index in [1.807, 2.05) is 12.3 Å². The van der Waals surface area contributed by atoms with Crippen LogP contribution in [0.25, 0.3) is 0 Å². The Labute approximate surface area is 88.3 Å². The van der Waals surface area contributed by atoms with E-state index in [1.54, 1.807) is 18.4 Å². The van der Waals surface area contributed by atoms with Crippen LogP contribution in [0.15, 0.2) is 5.38 Å². The summed E-state index contributed by atoms with van der Waals surface area (Å²) in [7, 11) is 1.76. The maximum Gasteiger partial charge on any atom is 0.122 e. The highest BCUT2D eigenvalue weighted by atomic mass is 32.1. The van der Waals surface area contributed by atoms with Crippen molar-refractivity contribution in [1.29, 1.82) is 0 Å². The van der Waals surface area contributed by atoms with Crippen LogP contribution in [-0.4, -0.2) is 12.1 Å². The normalized spacial score (nSPS) is 20.8. The van der Waals surface area contributed by atoms with E-state index < -0.39 is 0 Å². The quantitative estimate of drug-likeness (QED) is 0.832. The first-order chi connectivity index (χ1) is 6.72. The minimum Gasteiger partial charge on any atom is -0.374 e. The number of hydrogen-bond acceptors (Lipinski definition) is 4. The summed E-state index contributed by atoms with van der Waals surface area (Å²) >= 11 is 1.66. The molecule has 1 aliphatic carbocycles. The molecule has 1 heterocycles. The monoisotopic (exact) mass is 212 g/mol. The van der Waals surface area contributed by atoms with Crippen LogP contribution in [0.5, 0.6) is 0 Å². The molecule has 2 atom stereocenters. The van der Waals surface area contributed by atoms with Gasteiger partial charge < -0.3 is 10.5 Å². The number of aromatic nitrogens is 1. The van der Waals surface area contributed by atoms with Crippen molar-refractivity contribution in [3.05, 3.63) is 16.1 Å². The van der Waals surface area contributed by atoms with Gasteiger partial charge in [-0.2, -0.15) is 0 Å². The standard InChI is InChI=1S/C10H16N2OS/c1-6(11)8-5-14-10(12-8)9(13-2)7-3-4-7/h5-7,9H,3-4,11H2,1-2H3. The molecule has 1 fully saturated rings. The van der Waals surface area contributed by atoms with Crippen molar-refractivity contribution < 1.29 is 4.74 Å². The third-order valence-corrected chi connectivity index (χ3v) is 3.48. The molecule has 78 valence electrons. The maximum atomic E-state index is 5.76. The molecular formula is C10H16N2OS. The Morgan fingerprint density at radius 3 is 2.79 bits per heavy atom. The Morgan fingerprint density at radius 2 is 2.36 bits per heavy atom. The summed E-state index contributed by atoms with van der Waals surface area (Å²) in [6.45, 7) is 1.96. The van der Waals surface area contributed by atoms with Crippen LogP contribution >= 0.6 is 11.3 Å². The van der Waals surface area contributed by atoms with Crippen LogP contribution in [0.3, 0.4) is 0 Å². The number of ether oxygens (including phenoxy) is 1. The molecule has 3 nitrogen and oxygen atoms in total. The molecule has 0 aliphatic heterocycles. The van der Waals surface area contributed by atoms with Crippen LogP contribution < -0.4 is 5.73 Å². The molecular weight excluding hydrogens is 196 g/mol. The molecule has 14 heavy (non-hydrogen) atoms. The van der Waals surface area contributed by atoms with Crippen molar-refractivity contribution in [2.75, 3.05) is 7.11 Å². The largest absolute Gasteiger partial charge is 0.374 e. The van der Waals surface area contributed by atoms with Crippen molar-refractivity contribution in [2.24, 2.45) is 11.7 Å². The van der Waals surface area contributed by atoms with E-state index in [1.165, 1.54) is 12.8 Å². The van der Waals surface area contributed by atoms with Gasteiger partial charge in [0.05, 0.1) is 5.69 Å². The molecule has 0 amide bonds. The zero-order valence-corrected chi connectivity index (χ0v) is 9.38. The predicted molar refractivity (Wildman–Crippen MR) is 57.2 cm³/mol. The average Bonchev–Trinajstić information content (AvgIpc) is 2.84. The number of nitrogens with zero attached hydrogens (tertiary/aromatic N) is 1. The summed E-state index contributed by atoms with van der Waals surface area (Å²) in [5, 5.41) is 3.12. The molecule has 2 unspecified atom stereocenters. The summed E-state index contributed by atoms with van der Waals surface area (Å²) in [4.78, 5) is 4.51. The summed E-state index contributed by atoms with van der Waals surface area (Å²) in [5.41, 5.74) is 6.74. The highest BCUT2D eigenvalue weighted by Crippen LogP contribution is 2.43. The van der Waals surface area contributed by atoms with Gasteiger partial charge in [-0.3, -0.25) is 0 Å². The Hall–Kier alpha value is -0.450. The summed E-state index contributed by atoms with van der Waals surface area (Å²) in [5.74, 6) is 0.687. The molecule has 0 spiro atoms. The molecule has 0 aromatic carbocycles. The van der Waals surface area contributed by atoms with Gasteiger partial charge in [0, 0.05) is 18.5 Å². The molecule has 0 saturated heterocycles. The van der Waals surface area contributed by atoms with Crippen LogP contribution in [-0.2, 0) is 4.74 Å². The number of thiazole rings is 1. The van der Waals surface area contributed by atoms with E-state index in [2.05, 4.69) is 4.98 Å². The molecule has 4 heteroatoms. The highest BCUT2D eigenvalue weighted by molar-refractivity contribution is 7.09. The van der Waals surface area contributed by atoms with E-state index in [-0.39, 0.29) is 12.1 Å². The predicted octanol–water partition coefficient (Wildman–Crippen LogP) is 2.26. The lowest BCUT2D eigenvalue weighted by atomic mass is 10.2. The lowest BCUT2D eigenvalue weighted by Gasteiger charge is -2.10. The minimum absolute atomic E-state index is 0.0247. The molecule has 1 aromatic heterocycles. The molecule has 0 bridgehead atoms. The van der Waals surface area contributed by atoms with Crippen LogP contribution in [0.4, 0.5) is 0 Å². The van der Waals surface area contributed by atoms with Crippen molar-refractivity contribution in [2.45, 2.75) is 31.9 Å². The van der Waals surface area contributed by atoms with E-state index >= 15 is 0 Å². The molecule has 0 radical (unpaired) electrons. The molecule has 1 aliphatic rings. The van der Waals surface area contributed by atoms with Crippen LogP contribution in [0.2, 0.25) is 0 Å². The van der Waals surface area contributed by atoms with Gasteiger partial charge in [0.2, 0.25) is 0 Å². The average molecular weight is 212 g/mol. The summed E-state index contributed by atoms with van der Waals surface area (Å²) < 4.78 is 5.46. The fourth-order valence-electron chi connectivity index (χ4n) is 1.53. The van der Waals surface area contributed by atoms with Crippen molar-refractivity contribution in [3.63, 3.8) is 0 Å². The Kier molecular flexibility index (Phi) is 2.85. The van der Waals surface area contributed by atoms with Gasteiger partial charge in [-0.05, 0) is 25.7 Å². The second kappa shape index (κ2) is 3.96. The highest BCUT2D eigenvalue weighted by Gasteiger charge is 2.34. The first kappa shape index (κ1) is 10.1.